The fourth-order valence-electron chi connectivity index (χ4n) is 3.66. The Labute approximate surface area is 223 Å². The summed E-state index contributed by atoms with van der Waals surface area (Å²) in [5.74, 6) is -0.556. The highest BCUT2D eigenvalue weighted by molar-refractivity contribution is 8.76. The maximum Gasteiger partial charge on any atom is 0.308 e. The number of hydrogen-bond acceptors (Lipinski definition) is 8. The Balaban J connectivity index is 3.07. The molecule has 36 heavy (non-hydrogen) atoms. The van der Waals surface area contributed by atoms with E-state index in [9.17, 15) is 24.3 Å². The second-order valence-corrected chi connectivity index (χ2v) is 11.6. The van der Waals surface area contributed by atoms with E-state index in [-0.39, 0.29) is 18.2 Å². The van der Waals surface area contributed by atoms with E-state index in [1.807, 2.05) is 32.9 Å². The van der Waals surface area contributed by atoms with Crippen LogP contribution in [-0.4, -0.2) is 71.6 Å². The predicted octanol–water partition coefficient (Wildman–Crippen LogP) is 2.72. The van der Waals surface area contributed by atoms with Crippen LogP contribution in [0.5, 0.6) is 0 Å². The van der Waals surface area contributed by atoms with Gasteiger partial charge in [0.15, 0.2) is 0 Å². The minimum Gasteiger partial charge on any atom is -0.469 e. The molecule has 1 aliphatic rings. The monoisotopic (exact) mass is 545 g/mol. The molecular formula is C25H43N3O6S2. The van der Waals surface area contributed by atoms with E-state index in [2.05, 4.69) is 20.7 Å². The van der Waals surface area contributed by atoms with Crippen molar-refractivity contribution in [3.05, 3.63) is 12.2 Å². The van der Waals surface area contributed by atoms with Crippen LogP contribution in [0.15, 0.2) is 12.2 Å². The van der Waals surface area contributed by atoms with Crippen molar-refractivity contribution >= 4 is 45.3 Å². The van der Waals surface area contributed by atoms with Gasteiger partial charge in [0.05, 0.1) is 25.7 Å². The van der Waals surface area contributed by atoms with E-state index in [1.165, 1.54) is 17.9 Å². The molecular weight excluding hydrogens is 502 g/mol. The van der Waals surface area contributed by atoms with Gasteiger partial charge in [-0.2, -0.15) is 0 Å². The lowest BCUT2D eigenvalue weighted by atomic mass is 9.92. The normalized spacial score (nSPS) is 23.6. The summed E-state index contributed by atoms with van der Waals surface area (Å²) in [5.41, 5.74) is 0. The minimum absolute atomic E-state index is 0.114. The standard InChI is InChI=1S/C25H43N3O6S2/c1-5-7-12-18-24(32)27-19(16-36-35-14-11-9-8-10-13-21(30)26-18)25(33)28-23(17(3)6-2)20(29)15-22(31)34-4/h8-9,17-20,23,29H,5-7,10-16H2,1-4H3,(H,26,30)(H,27,32)(H,28,33)/b9-8+/t17-,18-,19-,20+,23?/m1/s1. The summed E-state index contributed by atoms with van der Waals surface area (Å²) < 4.78 is 4.66. The smallest absolute Gasteiger partial charge is 0.308 e. The molecule has 1 aliphatic heterocycles. The van der Waals surface area contributed by atoms with Gasteiger partial charge in [-0.25, -0.2) is 0 Å². The minimum atomic E-state index is -1.13. The molecule has 11 heteroatoms. The quantitative estimate of drug-likeness (QED) is 0.187. The summed E-state index contributed by atoms with van der Waals surface area (Å²) in [6.07, 6.45) is 7.19. The number of nitrogens with one attached hydrogen (secondary N) is 3. The molecule has 0 aromatic heterocycles. The number of methoxy groups -OCH3 is 1. The van der Waals surface area contributed by atoms with Crippen LogP contribution in [0.4, 0.5) is 0 Å². The first-order valence-electron chi connectivity index (χ1n) is 12.8. The summed E-state index contributed by atoms with van der Waals surface area (Å²) >= 11 is 0. The first kappa shape index (κ1) is 32.3. The lowest BCUT2D eigenvalue weighted by Gasteiger charge is -2.31. The maximum absolute atomic E-state index is 13.3. The predicted molar refractivity (Wildman–Crippen MR) is 145 cm³/mol. The Morgan fingerprint density at radius 1 is 1.19 bits per heavy atom. The third kappa shape index (κ3) is 12.5. The molecule has 0 spiro atoms. The number of hydrogen-bond donors (Lipinski definition) is 4. The molecule has 0 saturated carbocycles. The van der Waals surface area contributed by atoms with Gasteiger partial charge in [0.25, 0.3) is 0 Å². The van der Waals surface area contributed by atoms with Crippen LogP contribution in [0.1, 0.15) is 72.1 Å². The number of unbranched alkanes of at least 4 members (excludes halogenated alkanes) is 1. The first-order chi connectivity index (χ1) is 17.2. The van der Waals surface area contributed by atoms with Crippen molar-refractivity contribution in [3.63, 3.8) is 0 Å². The zero-order valence-electron chi connectivity index (χ0n) is 21.9. The molecule has 1 heterocycles. The Hall–Kier alpha value is -1.72. The van der Waals surface area contributed by atoms with Crippen molar-refractivity contribution in [2.75, 3.05) is 18.6 Å². The van der Waals surface area contributed by atoms with Crippen LogP contribution in [-0.2, 0) is 23.9 Å². The number of rotatable bonds is 10. The Morgan fingerprint density at radius 3 is 2.58 bits per heavy atom. The molecule has 0 aromatic rings. The third-order valence-electron chi connectivity index (χ3n) is 6.11. The van der Waals surface area contributed by atoms with E-state index in [0.717, 1.165) is 25.0 Å². The molecule has 0 saturated heterocycles. The van der Waals surface area contributed by atoms with Crippen molar-refractivity contribution in [1.82, 2.24) is 16.0 Å². The number of aliphatic hydroxyl groups is 1. The number of carbonyl (C=O) groups is 4. The van der Waals surface area contributed by atoms with Crippen molar-refractivity contribution in [2.24, 2.45) is 5.92 Å². The summed E-state index contributed by atoms with van der Waals surface area (Å²) in [6.45, 7) is 5.83. The molecule has 0 radical (unpaired) electrons. The van der Waals surface area contributed by atoms with Gasteiger partial charge in [-0.3, -0.25) is 19.2 Å². The van der Waals surface area contributed by atoms with E-state index in [1.54, 1.807) is 10.8 Å². The highest BCUT2D eigenvalue weighted by Gasteiger charge is 2.32. The number of ether oxygens (including phenoxy) is 1. The van der Waals surface area contributed by atoms with E-state index in [0.29, 0.717) is 31.4 Å². The van der Waals surface area contributed by atoms with Crippen molar-refractivity contribution in [1.29, 1.82) is 0 Å². The number of aliphatic hydroxyl groups excluding tert-OH is 1. The van der Waals surface area contributed by atoms with Crippen LogP contribution in [0.3, 0.4) is 0 Å². The first-order valence-corrected chi connectivity index (χ1v) is 15.3. The molecule has 0 fully saturated rings. The molecule has 4 N–H and O–H groups in total. The van der Waals surface area contributed by atoms with E-state index >= 15 is 0 Å². The van der Waals surface area contributed by atoms with Gasteiger partial charge in [-0.05, 0) is 25.2 Å². The highest BCUT2D eigenvalue weighted by atomic mass is 33.1. The van der Waals surface area contributed by atoms with Crippen LogP contribution in [0, 0.1) is 5.92 Å². The van der Waals surface area contributed by atoms with Gasteiger partial charge in [0, 0.05) is 17.9 Å². The van der Waals surface area contributed by atoms with Gasteiger partial charge in [-0.15, -0.1) is 0 Å². The number of carbonyl (C=O) groups excluding carboxylic acids is 4. The van der Waals surface area contributed by atoms with Crippen LogP contribution in [0.2, 0.25) is 0 Å². The highest BCUT2D eigenvalue weighted by Crippen LogP contribution is 2.24. The third-order valence-corrected chi connectivity index (χ3v) is 8.55. The molecule has 0 bridgehead atoms. The number of esters is 1. The van der Waals surface area contributed by atoms with Crippen LogP contribution >= 0.6 is 21.6 Å². The maximum atomic E-state index is 13.3. The van der Waals surface area contributed by atoms with Gasteiger partial charge in [-0.1, -0.05) is 73.8 Å². The molecule has 5 atom stereocenters. The van der Waals surface area contributed by atoms with Crippen molar-refractivity contribution in [2.45, 2.75) is 96.4 Å². The molecule has 0 aromatic carbocycles. The van der Waals surface area contributed by atoms with Crippen molar-refractivity contribution < 1.29 is 29.0 Å². The largest absolute Gasteiger partial charge is 0.469 e. The van der Waals surface area contributed by atoms with Gasteiger partial charge >= 0.3 is 5.97 Å². The summed E-state index contributed by atoms with van der Waals surface area (Å²) in [7, 11) is 4.35. The SMILES string of the molecule is CCCC[C@H]1NC(=O)CC/C=C/CCSSC[C@H](C(=O)NC([C@H](C)CC)[C@@H](O)CC(=O)OC)NC1=O. The van der Waals surface area contributed by atoms with Crippen LogP contribution in [0.25, 0.3) is 0 Å². The Morgan fingerprint density at radius 2 is 1.92 bits per heavy atom. The van der Waals surface area contributed by atoms with Crippen LogP contribution < -0.4 is 16.0 Å². The van der Waals surface area contributed by atoms with Crippen molar-refractivity contribution in [3.8, 4) is 0 Å². The Bertz CT molecular complexity index is 737. The molecule has 9 nitrogen and oxygen atoms in total. The second kappa shape index (κ2) is 18.5. The molecule has 1 rings (SSSR count). The summed E-state index contributed by atoms with van der Waals surface area (Å²) in [5, 5.41) is 19.2. The molecule has 1 unspecified atom stereocenters. The number of amides is 3. The lowest BCUT2D eigenvalue weighted by Crippen LogP contribution is -2.58. The average molecular weight is 546 g/mol. The molecule has 3 amide bonds. The fourth-order valence-corrected chi connectivity index (χ4v) is 5.81. The van der Waals surface area contributed by atoms with Gasteiger partial charge < -0.3 is 25.8 Å². The molecule has 206 valence electrons. The topological polar surface area (TPSA) is 134 Å². The van der Waals surface area contributed by atoms with Gasteiger partial charge in [0.1, 0.15) is 12.1 Å². The second-order valence-electron chi connectivity index (χ2n) is 9.00. The van der Waals surface area contributed by atoms with E-state index in [4.69, 9.17) is 0 Å². The zero-order valence-corrected chi connectivity index (χ0v) is 23.6. The lowest BCUT2D eigenvalue weighted by molar-refractivity contribution is -0.144. The zero-order chi connectivity index (χ0) is 26.9. The summed E-state index contributed by atoms with van der Waals surface area (Å²) in [4.78, 5) is 50.6. The van der Waals surface area contributed by atoms with E-state index < -0.39 is 42.0 Å². The summed E-state index contributed by atoms with van der Waals surface area (Å²) in [6, 6.07) is -2.28. The average Bonchev–Trinajstić information content (AvgIpc) is 2.86. The Kier molecular flexibility index (Phi) is 16.6. The fraction of sp³-hybridized carbons (Fsp3) is 0.760. The van der Waals surface area contributed by atoms with Gasteiger partial charge in [0.2, 0.25) is 17.7 Å². The molecule has 0 aliphatic carbocycles. The number of allylic oxidation sites excluding steroid dienone is 2.